The molecule has 1 aromatic carbocycles. The van der Waals surface area contributed by atoms with Gasteiger partial charge in [0.2, 0.25) is 0 Å². The van der Waals surface area contributed by atoms with E-state index in [4.69, 9.17) is 0 Å². The van der Waals surface area contributed by atoms with Crippen LogP contribution in [0.5, 0.6) is 0 Å². The molecule has 1 N–H and O–H groups in total. The minimum atomic E-state index is -0.578. The molecule has 134 valence electrons. The summed E-state index contributed by atoms with van der Waals surface area (Å²) in [7, 11) is 0. The molecule has 0 bridgehead atoms. The van der Waals surface area contributed by atoms with Crippen molar-refractivity contribution in [2.75, 3.05) is 13.1 Å². The summed E-state index contributed by atoms with van der Waals surface area (Å²) in [4.78, 5) is 25.1. The van der Waals surface area contributed by atoms with E-state index in [1.54, 1.807) is 4.90 Å². The van der Waals surface area contributed by atoms with Gasteiger partial charge in [-0.1, -0.05) is 10.7 Å². The Labute approximate surface area is 143 Å². The van der Waals surface area contributed by atoms with Crippen LogP contribution in [0.4, 0.5) is 8.78 Å². The maximum absolute atomic E-state index is 13.7. The van der Waals surface area contributed by atoms with Crippen LogP contribution in [0.15, 0.2) is 33.7 Å². The second kappa shape index (κ2) is 7.58. The molecule has 1 atom stereocenters. The molecule has 1 unspecified atom stereocenters. The van der Waals surface area contributed by atoms with Crippen molar-refractivity contribution in [1.82, 2.24) is 10.2 Å². The number of aromatic nitrogens is 2. The molecular weight excluding hydrogens is 332 g/mol. The molecule has 1 fully saturated rings. The molecule has 1 saturated heterocycles. The van der Waals surface area contributed by atoms with Crippen LogP contribution in [0.25, 0.3) is 0 Å². The van der Waals surface area contributed by atoms with Crippen molar-refractivity contribution < 1.29 is 22.8 Å². The fourth-order valence-corrected chi connectivity index (χ4v) is 3.22. The van der Waals surface area contributed by atoms with Crippen molar-refractivity contribution in [3.63, 3.8) is 0 Å². The third kappa shape index (κ3) is 4.52. The first kappa shape index (κ1) is 17.3. The molecule has 1 amide bonds. The first-order valence-corrected chi connectivity index (χ1v) is 8.31. The summed E-state index contributed by atoms with van der Waals surface area (Å²) < 4.78 is 32.5. The van der Waals surface area contributed by atoms with Crippen molar-refractivity contribution in [3.8, 4) is 0 Å². The Kier molecular flexibility index (Phi) is 5.25. The van der Waals surface area contributed by atoms with Gasteiger partial charge in [-0.25, -0.2) is 13.6 Å². The number of halogens is 2. The molecule has 3 rings (SSSR count). The Morgan fingerprint density at radius 2 is 2.24 bits per heavy atom. The highest BCUT2D eigenvalue weighted by Crippen LogP contribution is 2.22. The third-order valence-electron chi connectivity index (χ3n) is 4.54. The molecule has 0 aliphatic carbocycles. The number of nitrogens with zero attached hydrogens (tertiary/aromatic N) is 2. The van der Waals surface area contributed by atoms with Gasteiger partial charge >= 0.3 is 5.63 Å². The summed E-state index contributed by atoms with van der Waals surface area (Å²) in [5.41, 5.74) is -0.0398. The number of hydrogen-bond acceptors (Lipinski definition) is 3. The van der Waals surface area contributed by atoms with E-state index in [2.05, 4.69) is 9.79 Å². The van der Waals surface area contributed by atoms with Crippen LogP contribution in [0, 0.1) is 17.6 Å². The average molecular weight is 352 g/mol. The van der Waals surface area contributed by atoms with Crippen LogP contribution in [0.1, 0.15) is 24.8 Å². The number of piperidine rings is 1. The summed E-state index contributed by atoms with van der Waals surface area (Å²) in [6.07, 6.45) is 4.30. The van der Waals surface area contributed by atoms with E-state index >= 15 is 0 Å². The van der Waals surface area contributed by atoms with Crippen molar-refractivity contribution in [2.45, 2.75) is 32.2 Å². The first-order valence-electron chi connectivity index (χ1n) is 8.31. The smallest absolute Gasteiger partial charge is 0.337 e. The predicted molar refractivity (Wildman–Crippen MR) is 83.5 cm³/mol. The van der Waals surface area contributed by atoms with Crippen molar-refractivity contribution in [1.29, 1.82) is 0 Å². The molecule has 1 aliphatic rings. The summed E-state index contributed by atoms with van der Waals surface area (Å²) in [6, 6.07) is 3.63. The maximum atomic E-state index is 13.7. The monoisotopic (exact) mass is 352 g/mol. The van der Waals surface area contributed by atoms with Gasteiger partial charge in [-0.3, -0.25) is 9.32 Å². The lowest BCUT2D eigenvalue weighted by Crippen LogP contribution is -2.48. The van der Waals surface area contributed by atoms with Gasteiger partial charge in [-0.2, -0.15) is 0 Å². The number of nitrogens with one attached hydrogen (secondary N) is 1. The van der Waals surface area contributed by atoms with E-state index in [9.17, 15) is 18.4 Å². The van der Waals surface area contributed by atoms with Crippen LogP contribution >= 0.6 is 0 Å². The fourth-order valence-electron chi connectivity index (χ4n) is 3.22. The van der Waals surface area contributed by atoms with E-state index in [0.29, 0.717) is 25.1 Å². The molecule has 25 heavy (non-hydrogen) atoms. The number of carbonyl (C=O) groups is 1. The van der Waals surface area contributed by atoms with Gasteiger partial charge < -0.3 is 4.90 Å². The molecule has 8 heteroatoms. The van der Waals surface area contributed by atoms with E-state index in [-0.39, 0.29) is 18.4 Å². The van der Waals surface area contributed by atoms with Crippen LogP contribution in [0.3, 0.4) is 0 Å². The number of aromatic amines is 1. The standard InChI is InChI=1S/C17H19F2N3O3/c18-14-6-5-13(15(19)8-14)4-3-12-2-1-7-21(9-12)16(23)10-22-11-17(24)25-20-22/h5-6,8,11-12H,1-4,7,9-10H2/p+1. The van der Waals surface area contributed by atoms with Crippen LogP contribution in [-0.2, 0) is 17.8 Å². The first-order chi connectivity index (χ1) is 12.0. The zero-order chi connectivity index (χ0) is 17.8. The number of aryl methyl sites for hydroxylation is 1. The lowest BCUT2D eigenvalue weighted by atomic mass is 9.91. The highest BCUT2D eigenvalue weighted by molar-refractivity contribution is 5.74. The normalized spacial score (nSPS) is 17.7. The quantitative estimate of drug-likeness (QED) is 0.827. The van der Waals surface area contributed by atoms with Gasteiger partial charge in [0.05, 0.1) is 0 Å². The summed E-state index contributed by atoms with van der Waals surface area (Å²) in [6.45, 7) is 1.29. The molecule has 2 aromatic rings. The molecule has 0 spiro atoms. The largest absolute Gasteiger partial charge is 0.426 e. The van der Waals surface area contributed by atoms with Crippen molar-refractivity contribution in [3.05, 3.63) is 52.0 Å². The number of carbonyl (C=O) groups excluding carboxylic acids is 1. The Morgan fingerprint density at radius 1 is 1.40 bits per heavy atom. The van der Waals surface area contributed by atoms with E-state index in [0.717, 1.165) is 25.3 Å². The molecule has 1 aromatic heterocycles. The lowest BCUT2D eigenvalue weighted by Gasteiger charge is -2.32. The molecule has 0 radical (unpaired) electrons. The SMILES string of the molecule is O=C(C[n+]1cc(=O)o[nH]1)N1CCCC(CCc2ccc(F)cc2F)C1. The van der Waals surface area contributed by atoms with E-state index < -0.39 is 17.3 Å². The minimum absolute atomic E-state index is 0.0189. The van der Waals surface area contributed by atoms with Crippen LogP contribution in [0.2, 0.25) is 0 Å². The summed E-state index contributed by atoms with van der Waals surface area (Å²) in [5.74, 6) is -0.926. The minimum Gasteiger partial charge on any atom is -0.337 e. The number of hydrogen-bond donors (Lipinski definition) is 1. The number of benzene rings is 1. The molecule has 0 saturated carbocycles. The van der Waals surface area contributed by atoms with E-state index in [1.807, 2.05) is 0 Å². The van der Waals surface area contributed by atoms with Gasteiger partial charge in [0.15, 0.2) is 0 Å². The van der Waals surface area contributed by atoms with Crippen molar-refractivity contribution in [2.24, 2.45) is 5.92 Å². The Morgan fingerprint density at radius 3 is 2.96 bits per heavy atom. The molecule has 2 heterocycles. The Balaban J connectivity index is 1.53. The molecule has 6 nitrogen and oxygen atoms in total. The zero-order valence-corrected chi connectivity index (χ0v) is 13.7. The van der Waals surface area contributed by atoms with Gasteiger partial charge in [0.25, 0.3) is 18.6 Å². The average Bonchev–Trinajstić information content (AvgIpc) is 2.99. The number of amides is 1. The second-order valence-corrected chi connectivity index (χ2v) is 6.39. The maximum Gasteiger partial charge on any atom is 0.426 e. The Bertz CT molecular complexity index is 802. The number of rotatable bonds is 5. The van der Waals surface area contributed by atoms with Gasteiger partial charge in [-0.05, 0) is 48.5 Å². The van der Waals surface area contributed by atoms with Gasteiger partial charge in [0.1, 0.15) is 11.6 Å². The Hall–Kier alpha value is -2.51. The van der Waals surface area contributed by atoms with Gasteiger partial charge in [0, 0.05) is 19.2 Å². The van der Waals surface area contributed by atoms with Gasteiger partial charge in [-0.15, -0.1) is 0 Å². The molecular formula is C17H20F2N3O3+. The van der Waals surface area contributed by atoms with Crippen LogP contribution in [-0.4, -0.2) is 29.2 Å². The topological polar surface area (TPSA) is 70.2 Å². The highest BCUT2D eigenvalue weighted by Gasteiger charge is 2.26. The zero-order valence-electron chi connectivity index (χ0n) is 13.7. The summed E-state index contributed by atoms with van der Waals surface area (Å²) >= 11 is 0. The van der Waals surface area contributed by atoms with Crippen molar-refractivity contribution >= 4 is 5.91 Å². The number of H-pyrrole nitrogens is 1. The predicted octanol–water partition coefficient (Wildman–Crippen LogP) is 1.41. The number of likely N-dealkylation sites (tertiary alicyclic amines) is 1. The van der Waals surface area contributed by atoms with Crippen LogP contribution < -0.4 is 10.3 Å². The summed E-state index contributed by atoms with van der Waals surface area (Å²) in [5, 5.41) is 2.35. The highest BCUT2D eigenvalue weighted by atomic mass is 19.1. The lowest BCUT2D eigenvalue weighted by molar-refractivity contribution is -0.751. The third-order valence-corrected chi connectivity index (χ3v) is 4.54. The fraction of sp³-hybridized carbons (Fsp3) is 0.471. The molecule has 1 aliphatic heterocycles. The second-order valence-electron chi connectivity index (χ2n) is 6.39. The van der Waals surface area contributed by atoms with E-state index in [1.165, 1.54) is 23.0 Å².